The first kappa shape index (κ1) is 21.4. The lowest BCUT2D eigenvalue weighted by Gasteiger charge is -2.31. The topological polar surface area (TPSA) is 41.6 Å². The molecule has 4 heteroatoms. The molecule has 3 rings (SSSR count). The second-order valence-electron chi connectivity index (χ2n) is 8.22. The molecule has 0 aromatic heterocycles. The van der Waals surface area contributed by atoms with Gasteiger partial charge in [-0.3, -0.25) is 9.69 Å². The van der Waals surface area contributed by atoms with E-state index in [0.29, 0.717) is 6.54 Å². The maximum atomic E-state index is 12.5. The van der Waals surface area contributed by atoms with Crippen molar-refractivity contribution in [3.63, 3.8) is 0 Å². The van der Waals surface area contributed by atoms with Gasteiger partial charge in [-0.2, -0.15) is 0 Å². The normalized spacial score (nSPS) is 16.1. The standard InChI is InChI=1S/C25H34N2O2/c1-19-8-11-22(12-9-19)24(27-14-6-4-5-7-15-27)17-26-25(28)18-29-23-13-10-20(2)21(3)16-23/h8-13,16,24H,4-7,14-15,17-18H2,1-3H3,(H,26,28)/t24-/m1/s1. The number of rotatable bonds is 7. The first-order valence-electron chi connectivity index (χ1n) is 10.8. The third-order valence-corrected chi connectivity index (χ3v) is 5.88. The Morgan fingerprint density at radius 2 is 1.66 bits per heavy atom. The molecule has 29 heavy (non-hydrogen) atoms. The Balaban J connectivity index is 1.60. The van der Waals surface area contributed by atoms with Gasteiger partial charge in [-0.25, -0.2) is 0 Å². The largest absolute Gasteiger partial charge is 0.484 e. The van der Waals surface area contributed by atoms with E-state index >= 15 is 0 Å². The molecule has 1 atom stereocenters. The second-order valence-corrected chi connectivity index (χ2v) is 8.22. The molecule has 0 radical (unpaired) electrons. The summed E-state index contributed by atoms with van der Waals surface area (Å²) in [5, 5.41) is 3.10. The lowest BCUT2D eigenvalue weighted by Crippen LogP contribution is -2.40. The van der Waals surface area contributed by atoms with Gasteiger partial charge < -0.3 is 10.1 Å². The van der Waals surface area contributed by atoms with Crippen LogP contribution in [0.3, 0.4) is 0 Å². The summed E-state index contributed by atoms with van der Waals surface area (Å²) in [6, 6.07) is 14.8. The van der Waals surface area contributed by atoms with Crippen LogP contribution < -0.4 is 10.1 Å². The van der Waals surface area contributed by atoms with Crippen molar-refractivity contribution in [1.29, 1.82) is 0 Å². The van der Waals surface area contributed by atoms with Gasteiger partial charge in [-0.05, 0) is 75.5 Å². The van der Waals surface area contributed by atoms with Gasteiger partial charge in [0.15, 0.2) is 6.61 Å². The van der Waals surface area contributed by atoms with Gasteiger partial charge in [0.2, 0.25) is 0 Å². The molecule has 0 spiro atoms. The minimum Gasteiger partial charge on any atom is -0.484 e. The predicted molar refractivity (Wildman–Crippen MR) is 118 cm³/mol. The van der Waals surface area contributed by atoms with E-state index in [1.165, 1.54) is 47.9 Å². The zero-order valence-corrected chi connectivity index (χ0v) is 18.0. The molecule has 0 bridgehead atoms. The molecule has 1 aliphatic heterocycles. The van der Waals surface area contributed by atoms with Crippen LogP contribution in [0.5, 0.6) is 5.75 Å². The fraction of sp³-hybridized carbons (Fsp3) is 0.480. The molecule has 1 N–H and O–H groups in total. The molecule has 1 fully saturated rings. The maximum absolute atomic E-state index is 12.5. The zero-order chi connectivity index (χ0) is 20.6. The molecule has 0 aliphatic carbocycles. The molecule has 1 amide bonds. The quantitative estimate of drug-likeness (QED) is 0.738. The number of carbonyl (C=O) groups excluding carboxylic acids is 1. The number of aryl methyl sites for hydroxylation is 3. The molecular formula is C25H34N2O2. The average molecular weight is 395 g/mol. The summed E-state index contributed by atoms with van der Waals surface area (Å²) in [5.41, 5.74) is 4.92. The predicted octanol–water partition coefficient (Wildman–Crippen LogP) is 4.72. The van der Waals surface area contributed by atoms with Crippen LogP contribution in [0, 0.1) is 20.8 Å². The van der Waals surface area contributed by atoms with Crippen molar-refractivity contribution in [2.75, 3.05) is 26.2 Å². The second kappa shape index (κ2) is 10.4. The minimum atomic E-state index is -0.0739. The van der Waals surface area contributed by atoms with E-state index < -0.39 is 0 Å². The SMILES string of the molecule is Cc1ccc([C@@H](CNC(=O)COc2ccc(C)c(C)c2)N2CCCCCC2)cc1. The molecule has 156 valence electrons. The number of hydrogen-bond donors (Lipinski definition) is 1. The Morgan fingerprint density at radius 1 is 0.966 bits per heavy atom. The summed E-state index contributed by atoms with van der Waals surface area (Å²) in [6.45, 7) is 9.06. The van der Waals surface area contributed by atoms with Crippen molar-refractivity contribution in [2.45, 2.75) is 52.5 Å². The molecule has 1 saturated heterocycles. The van der Waals surface area contributed by atoms with Crippen molar-refractivity contribution in [3.8, 4) is 5.75 Å². The molecule has 1 aliphatic rings. The van der Waals surface area contributed by atoms with Crippen LogP contribution in [0.15, 0.2) is 42.5 Å². The fourth-order valence-electron chi connectivity index (χ4n) is 3.87. The Labute approximate surface area is 175 Å². The summed E-state index contributed by atoms with van der Waals surface area (Å²) >= 11 is 0. The zero-order valence-electron chi connectivity index (χ0n) is 18.0. The van der Waals surface area contributed by atoms with Crippen LogP contribution >= 0.6 is 0 Å². The van der Waals surface area contributed by atoms with Gasteiger partial charge in [-0.1, -0.05) is 48.7 Å². The highest BCUT2D eigenvalue weighted by molar-refractivity contribution is 5.77. The van der Waals surface area contributed by atoms with Gasteiger partial charge in [0.1, 0.15) is 5.75 Å². The monoisotopic (exact) mass is 394 g/mol. The maximum Gasteiger partial charge on any atom is 0.258 e. The lowest BCUT2D eigenvalue weighted by atomic mass is 10.0. The number of hydrogen-bond acceptors (Lipinski definition) is 3. The van der Waals surface area contributed by atoms with Crippen molar-refractivity contribution < 1.29 is 9.53 Å². The third kappa shape index (κ3) is 6.33. The minimum absolute atomic E-state index is 0.0448. The molecule has 2 aromatic carbocycles. The van der Waals surface area contributed by atoms with E-state index in [1.54, 1.807) is 0 Å². The summed E-state index contributed by atoms with van der Waals surface area (Å²) in [7, 11) is 0. The first-order chi connectivity index (χ1) is 14.0. The molecular weight excluding hydrogens is 360 g/mol. The van der Waals surface area contributed by atoms with E-state index in [1.807, 2.05) is 18.2 Å². The van der Waals surface area contributed by atoms with Crippen LogP contribution in [0.1, 0.15) is 54.0 Å². The van der Waals surface area contributed by atoms with Crippen LogP contribution in [0.2, 0.25) is 0 Å². The highest BCUT2D eigenvalue weighted by atomic mass is 16.5. The molecule has 0 unspecified atom stereocenters. The number of likely N-dealkylation sites (tertiary alicyclic amines) is 1. The highest BCUT2D eigenvalue weighted by Crippen LogP contribution is 2.24. The number of ether oxygens (including phenoxy) is 1. The Bertz CT molecular complexity index is 793. The van der Waals surface area contributed by atoms with Gasteiger partial charge in [-0.15, -0.1) is 0 Å². The Morgan fingerprint density at radius 3 is 2.31 bits per heavy atom. The van der Waals surface area contributed by atoms with Gasteiger partial charge in [0.25, 0.3) is 5.91 Å². The van der Waals surface area contributed by atoms with Crippen LogP contribution in [0.4, 0.5) is 0 Å². The van der Waals surface area contributed by atoms with Gasteiger partial charge in [0, 0.05) is 6.54 Å². The van der Waals surface area contributed by atoms with E-state index in [2.05, 4.69) is 55.3 Å². The van der Waals surface area contributed by atoms with E-state index in [-0.39, 0.29) is 18.6 Å². The molecule has 0 saturated carbocycles. The molecule has 4 nitrogen and oxygen atoms in total. The average Bonchev–Trinajstić information content (AvgIpc) is 3.00. The first-order valence-corrected chi connectivity index (χ1v) is 10.8. The summed E-state index contributed by atoms with van der Waals surface area (Å²) in [6.07, 6.45) is 5.05. The smallest absolute Gasteiger partial charge is 0.258 e. The van der Waals surface area contributed by atoms with Crippen molar-refractivity contribution >= 4 is 5.91 Å². The van der Waals surface area contributed by atoms with E-state index in [9.17, 15) is 4.79 Å². The van der Waals surface area contributed by atoms with Gasteiger partial charge >= 0.3 is 0 Å². The number of carbonyl (C=O) groups is 1. The lowest BCUT2D eigenvalue weighted by molar-refractivity contribution is -0.123. The number of nitrogens with one attached hydrogen (secondary N) is 1. The highest BCUT2D eigenvalue weighted by Gasteiger charge is 2.22. The van der Waals surface area contributed by atoms with E-state index in [0.717, 1.165) is 18.8 Å². The Hall–Kier alpha value is -2.33. The van der Waals surface area contributed by atoms with Crippen LogP contribution in [-0.2, 0) is 4.79 Å². The van der Waals surface area contributed by atoms with Crippen molar-refractivity contribution in [1.82, 2.24) is 10.2 Å². The summed E-state index contributed by atoms with van der Waals surface area (Å²) < 4.78 is 5.70. The van der Waals surface area contributed by atoms with Crippen LogP contribution in [0.25, 0.3) is 0 Å². The summed E-state index contributed by atoms with van der Waals surface area (Å²) in [5.74, 6) is 0.668. The number of nitrogens with zero attached hydrogens (tertiary/aromatic N) is 1. The van der Waals surface area contributed by atoms with Gasteiger partial charge in [0.05, 0.1) is 6.04 Å². The number of benzene rings is 2. The summed E-state index contributed by atoms with van der Waals surface area (Å²) in [4.78, 5) is 15.0. The van der Waals surface area contributed by atoms with E-state index in [4.69, 9.17) is 4.74 Å². The van der Waals surface area contributed by atoms with Crippen molar-refractivity contribution in [2.24, 2.45) is 0 Å². The van der Waals surface area contributed by atoms with Crippen LogP contribution in [-0.4, -0.2) is 37.0 Å². The molecule has 1 heterocycles. The Kier molecular flexibility index (Phi) is 7.70. The van der Waals surface area contributed by atoms with Crippen molar-refractivity contribution in [3.05, 3.63) is 64.7 Å². The number of amides is 1. The fourth-order valence-corrected chi connectivity index (χ4v) is 3.87. The molecule has 2 aromatic rings. The third-order valence-electron chi connectivity index (χ3n) is 5.88.